The highest BCUT2D eigenvalue weighted by atomic mass is 16.5. The zero-order chi connectivity index (χ0) is 15.9. The first kappa shape index (κ1) is 15.7. The van der Waals surface area contributed by atoms with E-state index in [1.165, 1.54) is 4.90 Å². The number of ether oxygens (including phenoxy) is 1. The molecule has 4 atom stereocenters. The molecule has 3 rings (SSSR count). The molecule has 3 saturated heterocycles. The molecule has 1 N–H and O–H groups in total. The molecule has 22 heavy (non-hydrogen) atoms. The number of carbonyl (C=O) groups excluding carboxylic acids is 2. The van der Waals surface area contributed by atoms with E-state index in [-0.39, 0.29) is 36.7 Å². The second-order valence-electron chi connectivity index (χ2n) is 6.71. The van der Waals surface area contributed by atoms with Crippen molar-refractivity contribution in [2.75, 3.05) is 32.7 Å². The van der Waals surface area contributed by atoms with E-state index in [0.29, 0.717) is 13.1 Å². The van der Waals surface area contributed by atoms with Gasteiger partial charge in [-0.3, -0.25) is 14.6 Å². The van der Waals surface area contributed by atoms with Gasteiger partial charge in [0.15, 0.2) is 0 Å². The van der Waals surface area contributed by atoms with E-state index >= 15 is 0 Å². The molecular formula is C15H25N3O4. The number of aliphatic hydroxyl groups excluding tert-OH is 1. The number of carbonyl (C=O) groups is 2. The predicted octanol–water partition coefficient (Wildman–Crippen LogP) is -0.117. The van der Waals surface area contributed by atoms with E-state index in [0.717, 1.165) is 25.9 Å². The van der Waals surface area contributed by atoms with E-state index in [2.05, 4.69) is 4.90 Å². The lowest BCUT2D eigenvalue weighted by atomic mass is 10.2. The Balaban J connectivity index is 1.54. The van der Waals surface area contributed by atoms with Crippen LogP contribution in [0.15, 0.2) is 0 Å². The fourth-order valence-electron chi connectivity index (χ4n) is 3.85. The average molecular weight is 311 g/mol. The molecule has 0 saturated carbocycles. The molecule has 4 unspecified atom stereocenters. The Bertz CT molecular complexity index is 426. The fourth-order valence-corrected chi connectivity index (χ4v) is 3.85. The Morgan fingerprint density at radius 2 is 1.91 bits per heavy atom. The largest absolute Gasteiger partial charge is 0.390 e. The average Bonchev–Trinajstić information content (AvgIpc) is 2.98. The van der Waals surface area contributed by atoms with Gasteiger partial charge < -0.3 is 14.7 Å². The smallest absolute Gasteiger partial charge is 0.327 e. The summed E-state index contributed by atoms with van der Waals surface area (Å²) in [7, 11) is 0. The van der Waals surface area contributed by atoms with Crippen molar-refractivity contribution in [2.45, 2.75) is 51.0 Å². The molecule has 3 fully saturated rings. The van der Waals surface area contributed by atoms with E-state index in [1.807, 2.05) is 13.8 Å². The van der Waals surface area contributed by atoms with E-state index in [1.54, 1.807) is 4.90 Å². The summed E-state index contributed by atoms with van der Waals surface area (Å²) in [5.74, 6) is -0.148. The first-order valence-electron chi connectivity index (χ1n) is 8.13. The molecule has 0 aliphatic carbocycles. The zero-order valence-electron chi connectivity index (χ0n) is 13.3. The fraction of sp³-hybridized carbons (Fsp3) is 0.867. The Kier molecular flexibility index (Phi) is 4.38. The predicted molar refractivity (Wildman–Crippen MR) is 79.3 cm³/mol. The standard InChI is InChI=1S/C15H25N3O4/c1-10-6-16(7-11(2)22-10)8-12(19)9-18-14(20)13-4-3-5-17(13)15(18)21/h10-13,19H,3-9H2,1-2H3. The number of hydrogen-bond donors (Lipinski definition) is 1. The van der Waals surface area contributed by atoms with Crippen LogP contribution in [0.2, 0.25) is 0 Å². The summed E-state index contributed by atoms with van der Waals surface area (Å²) in [6.45, 7) is 6.75. The minimum Gasteiger partial charge on any atom is -0.390 e. The highest BCUT2D eigenvalue weighted by Crippen LogP contribution is 2.27. The molecular weight excluding hydrogens is 286 g/mol. The van der Waals surface area contributed by atoms with Crippen molar-refractivity contribution < 1.29 is 19.4 Å². The third-order valence-electron chi connectivity index (χ3n) is 4.64. The topological polar surface area (TPSA) is 73.3 Å². The maximum atomic E-state index is 12.2. The van der Waals surface area contributed by atoms with Crippen LogP contribution in [0.4, 0.5) is 4.79 Å². The van der Waals surface area contributed by atoms with Gasteiger partial charge in [-0.2, -0.15) is 0 Å². The number of rotatable bonds is 4. The van der Waals surface area contributed by atoms with Crippen molar-refractivity contribution in [1.82, 2.24) is 14.7 Å². The SMILES string of the molecule is CC1CN(CC(O)CN2C(=O)C3CCCN3C2=O)CC(C)O1. The van der Waals surface area contributed by atoms with E-state index in [9.17, 15) is 14.7 Å². The number of imide groups is 1. The number of amides is 3. The summed E-state index contributed by atoms with van der Waals surface area (Å²) in [4.78, 5) is 29.5. The number of hydrogen-bond acceptors (Lipinski definition) is 5. The first-order chi connectivity index (χ1) is 10.5. The summed E-state index contributed by atoms with van der Waals surface area (Å²) >= 11 is 0. The van der Waals surface area contributed by atoms with Gasteiger partial charge in [0.1, 0.15) is 6.04 Å². The molecule has 0 radical (unpaired) electrons. The van der Waals surface area contributed by atoms with E-state index in [4.69, 9.17) is 4.74 Å². The number of aliphatic hydroxyl groups is 1. The van der Waals surface area contributed by atoms with Crippen molar-refractivity contribution in [3.05, 3.63) is 0 Å². The van der Waals surface area contributed by atoms with Gasteiger partial charge in [-0.05, 0) is 26.7 Å². The number of β-amino-alcohol motifs (C(OH)–C–C–N with tert-alkyl or cyclic N) is 1. The third-order valence-corrected chi connectivity index (χ3v) is 4.64. The molecule has 3 aliphatic heterocycles. The lowest BCUT2D eigenvalue weighted by molar-refractivity contribution is -0.129. The maximum Gasteiger partial charge on any atom is 0.327 e. The molecule has 3 aliphatic rings. The highest BCUT2D eigenvalue weighted by Gasteiger charge is 2.47. The second kappa shape index (κ2) is 6.14. The molecule has 0 bridgehead atoms. The van der Waals surface area contributed by atoms with Gasteiger partial charge in [0, 0.05) is 26.2 Å². The van der Waals surface area contributed by atoms with Crippen molar-refractivity contribution in [1.29, 1.82) is 0 Å². The lowest BCUT2D eigenvalue weighted by Gasteiger charge is -2.36. The van der Waals surface area contributed by atoms with E-state index < -0.39 is 6.10 Å². The number of morpholine rings is 1. The monoisotopic (exact) mass is 311 g/mol. The molecule has 7 heteroatoms. The molecule has 3 amide bonds. The molecule has 124 valence electrons. The number of urea groups is 1. The Hall–Kier alpha value is -1.18. The maximum absolute atomic E-state index is 12.2. The second-order valence-corrected chi connectivity index (χ2v) is 6.71. The summed E-state index contributed by atoms with van der Waals surface area (Å²) in [5, 5.41) is 10.3. The van der Waals surface area contributed by atoms with Gasteiger partial charge in [-0.25, -0.2) is 4.79 Å². The van der Waals surface area contributed by atoms with Crippen LogP contribution in [0, 0.1) is 0 Å². The number of fused-ring (bicyclic) bond motifs is 1. The van der Waals surface area contributed by atoms with Crippen LogP contribution in [-0.4, -0.2) is 88.8 Å². The van der Waals surface area contributed by atoms with Gasteiger partial charge in [-0.1, -0.05) is 0 Å². The molecule has 3 heterocycles. The third kappa shape index (κ3) is 2.98. The highest BCUT2D eigenvalue weighted by molar-refractivity contribution is 6.04. The molecule has 0 aromatic carbocycles. The van der Waals surface area contributed by atoms with Crippen molar-refractivity contribution >= 4 is 11.9 Å². The van der Waals surface area contributed by atoms with Crippen LogP contribution in [0.1, 0.15) is 26.7 Å². The van der Waals surface area contributed by atoms with Crippen LogP contribution in [0.3, 0.4) is 0 Å². The minimum atomic E-state index is -0.717. The van der Waals surface area contributed by atoms with Crippen LogP contribution in [-0.2, 0) is 9.53 Å². The summed E-state index contributed by atoms with van der Waals surface area (Å²) in [6, 6.07) is -0.529. The molecule has 0 aromatic rings. The summed E-state index contributed by atoms with van der Waals surface area (Å²) in [6.07, 6.45) is 1.19. The van der Waals surface area contributed by atoms with Crippen LogP contribution >= 0.6 is 0 Å². The minimum absolute atomic E-state index is 0.0881. The summed E-state index contributed by atoms with van der Waals surface area (Å²) in [5.41, 5.74) is 0. The van der Waals surface area contributed by atoms with Gasteiger partial charge >= 0.3 is 6.03 Å². The molecule has 0 aromatic heterocycles. The van der Waals surface area contributed by atoms with Crippen LogP contribution < -0.4 is 0 Å². The summed E-state index contributed by atoms with van der Waals surface area (Å²) < 4.78 is 5.67. The van der Waals surface area contributed by atoms with Gasteiger partial charge in [-0.15, -0.1) is 0 Å². The van der Waals surface area contributed by atoms with Crippen molar-refractivity contribution in [3.8, 4) is 0 Å². The van der Waals surface area contributed by atoms with Crippen molar-refractivity contribution in [2.24, 2.45) is 0 Å². The van der Waals surface area contributed by atoms with Gasteiger partial charge in [0.05, 0.1) is 24.9 Å². The molecule has 0 spiro atoms. The normalized spacial score (nSPS) is 34.4. The Morgan fingerprint density at radius 1 is 1.23 bits per heavy atom. The zero-order valence-corrected chi connectivity index (χ0v) is 13.3. The van der Waals surface area contributed by atoms with Crippen LogP contribution in [0.25, 0.3) is 0 Å². The quantitative estimate of drug-likeness (QED) is 0.733. The first-order valence-corrected chi connectivity index (χ1v) is 8.13. The molecule has 7 nitrogen and oxygen atoms in total. The number of nitrogens with zero attached hydrogens (tertiary/aromatic N) is 3. The van der Waals surface area contributed by atoms with Crippen molar-refractivity contribution in [3.63, 3.8) is 0 Å². The Morgan fingerprint density at radius 3 is 2.55 bits per heavy atom. The Labute approximate surface area is 130 Å². The van der Waals surface area contributed by atoms with Crippen LogP contribution in [0.5, 0.6) is 0 Å². The lowest BCUT2D eigenvalue weighted by Crippen LogP contribution is -2.50. The van der Waals surface area contributed by atoms with Gasteiger partial charge in [0.25, 0.3) is 5.91 Å². The van der Waals surface area contributed by atoms with Gasteiger partial charge in [0.2, 0.25) is 0 Å².